The van der Waals surface area contributed by atoms with Crippen molar-refractivity contribution in [1.82, 2.24) is 0 Å². The number of ether oxygens (including phenoxy) is 1. The first-order valence-corrected chi connectivity index (χ1v) is 5.85. The molecule has 1 atom stereocenters. The fraction of sp³-hybridized carbons (Fsp3) is 0.333. The summed E-state index contributed by atoms with van der Waals surface area (Å²) in [5.74, 6) is 0.814. The molecule has 0 aliphatic rings. The summed E-state index contributed by atoms with van der Waals surface area (Å²) in [4.78, 5) is 0. The topological polar surface area (TPSA) is 29.5 Å². The van der Waals surface area contributed by atoms with Gasteiger partial charge in [0.15, 0.2) is 0 Å². The molecule has 0 saturated carbocycles. The normalized spacial score (nSPS) is 13.6. The maximum absolute atomic E-state index is 9.69. The zero-order valence-corrected chi connectivity index (χ0v) is 10.5. The number of aliphatic hydroxyl groups excluding tert-OH is 1. The number of aliphatic hydroxyl groups is 1. The van der Waals surface area contributed by atoms with Crippen molar-refractivity contribution in [2.75, 3.05) is 0 Å². The molecule has 1 N–H and O–H groups in total. The van der Waals surface area contributed by atoms with Crippen LogP contribution in [0.1, 0.15) is 20.8 Å². The molecule has 0 aromatic heterocycles. The van der Waals surface area contributed by atoms with E-state index in [-0.39, 0.29) is 0 Å². The number of hydrogen-bond acceptors (Lipinski definition) is 2. The van der Waals surface area contributed by atoms with E-state index in [4.69, 9.17) is 4.74 Å². The van der Waals surface area contributed by atoms with Crippen molar-refractivity contribution in [3.8, 4) is 5.75 Å². The van der Waals surface area contributed by atoms with Crippen LogP contribution in [0.15, 0.2) is 42.5 Å². The van der Waals surface area contributed by atoms with Gasteiger partial charge in [0.1, 0.15) is 11.4 Å². The van der Waals surface area contributed by atoms with Crippen molar-refractivity contribution in [3.05, 3.63) is 42.5 Å². The highest BCUT2D eigenvalue weighted by Crippen LogP contribution is 2.29. The first kappa shape index (κ1) is 11.9. The first-order chi connectivity index (χ1) is 8.00. The largest absolute Gasteiger partial charge is 0.485 e. The SMILES string of the molecule is CC(O)C(C)(C)Oc1cccc2ccccc12. The highest BCUT2D eigenvalue weighted by Gasteiger charge is 2.26. The molecule has 0 amide bonds. The van der Waals surface area contributed by atoms with E-state index in [1.165, 1.54) is 0 Å². The third-order valence-electron chi connectivity index (χ3n) is 3.13. The highest BCUT2D eigenvalue weighted by atomic mass is 16.5. The van der Waals surface area contributed by atoms with Gasteiger partial charge in [-0.15, -0.1) is 0 Å². The van der Waals surface area contributed by atoms with Crippen LogP contribution in [0, 0.1) is 0 Å². The molecule has 0 saturated heterocycles. The Morgan fingerprint density at radius 3 is 2.41 bits per heavy atom. The van der Waals surface area contributed by atoms with Gasteiger partial charge in [0.05, 0.1) is 6.10 Å². The predicted molar refractivity (Wildman–Crippen MR) is 70.3 cm³/mol. The van der Waals surface area contributed by atoms with E-state index in [1.807, 2.05) is 44.2 Å². The lowest BCUT2D eigenvalue weighted by Gasteiger charge is -2.29. The quantitative estimate of drug-likeness (QED) is 0.876. The summed E-state index contributed by atoms with van der Waals surface area (Å²) < 4.78 is 5.93. The number of fused-ring (bicyclic) bond motifs is 1. The highest BCUT2D eigenvalue weighted by molar-refractivity contribution is 5.88. The number of hydrogen-bond donors (Lipinski definition) is 1. The second kappa shape index (κ2) is 4.38. The smallest absolute Gasteiger partial charge is 0.129 e. The average molecular weight is 230 g/mol. The fourth-order valence-corrected chi connectivity index (χ4v) is 1.65. The van der Waals surface area contributed by atoms with E-state index in [0.29, 0.717) is 0 Å². The van der Waals surface area contributed by atoms with E-state index in [1.54, 1.807) is 6.92 Å². The third-order valence-corrected chi connectivity index (χ3v) is 3.13. The van der Waals surface area contributed by atoms with Gasteiger partial charge >= 0.3 is 0 Å². The molecule has 2 rings (SSSR count). The summed E-state index contributed by atoms with van der Waals surface area (Å²) in [6.45, 7) is 5.52. The van der Waals surface area contributed by atoms with E-state index in [2.05, 4.69) is 12.1 Å². The van der Waals surface area contributed by atoms with Crippen LogP contribution >= 0.6 is 0 Å². The van der Waals surface area contributed by atoms with E-state index < -0.39 is 11.7 Å². The molecule has 0 aliphatic heterocycles. The van der Waals surface area contributed by atoms with Gasteiger partial charge < -0.3 is 9.84 Å². The van der Waals surface area contributed by atoms with Crippen LogP contribution in [-0.2, 0) is 0 Å². The second-order valence-corrected chi connectivity index (χ2v) is 4.86. The molecular formula is C15H18O2. The van der Waals surface area contributed by atoms with Gasteiger partial charge in [0, 0.05) is 5.39 Å². The van der Waals surface area contributed by atoms with Gasteiger partial charge in [-0.05, 0) is 32.2 Å². The van der Waals surface area contributed by atoms with Crippen LogP contribution in [-0.4, -0.2) is 16.8 Å². The molecule has 2 aromatic carbocycles. The zero-order valence-electron chi connectivity index (χ0n) is 10.5. The molecule has 17 heavy (non-hydrogen) atoms. The predicted octanol–water partition coefficient (Wildman–Crippen LogP) is 3.38. The molecular weight excluding hydrogens is 212 g/mol. The Bertz CT molecular complexity index is 510. The fourth-order valence-electron chi connectivity index (χ4n) is 1.65. The van der Waals surface area contributed by atoms with Crippen molar-refractivity contribution in [1.29, 1.82) is 0 Å². The van der Waals surface area contributed by atoms with Crippen LogP contribution in [0.2, 0.25) is 0 Å². The minimum absolute atomic E-state index is 0.526. The summed E-state index contributed by atoms with van der Waals surface area (Å²) in [6, 6.07) is 14.0. The van der Waals surface area contributed by atoms with Crippen molar-refractivity contribution in [2.45, 2.75) is 32.5 Å². The Morgan fingerprint density at radius 1 is 1.06 bits per heavy atom. The Labute approximate surface area is 102 Å². The molecule has 0 fully saturated rings. The summed E-state index contributed by atoms with van der Waals surface area (Å²) in [5, 5.41) is 11.9. The molecule has 0 bridgehead atoms. The van der Waals surface area contributed by atoms with Crippen LogP contribution in [0.4, 0.5) is 0 Å². The summed E-state index contributed by atoms with van der Waals surface area (Å²) in [6.07, 6.45) is -0.526. The van der Waals surface area contributed by atoms with Crippen molar-refractivity contribution in [3.63, 3.8) is 0 Å². The van der Waals surface area contributed by atoms with Gasteiger partial charge in [-0.1, -0.05) is 36.4 Å². The maximum Gasteiger partial charge on any atom is 0.129 e. The van der Waals surface area contributed by atoms with Gasteiger partial charge in [0.25, 0.3) is 0 Å². The van der Waals surface area contributed by atoms with E-state index in [9.17, 15) is 5.11 Å². The average Bonchev–Trinajstić information content (AvgIpc) is 2.29. The van der Waals surface area contributed by atoms with Gasteiger partial charge in [-0.2, -0.15) is 0 Å². The van der Waals surface area contributed by atoms with Crippen LogP contribution < -0.4 is 4.74 Å². The Hall–Kier alpha value is -1.54. The molecule has 0 heterocycles. The molecule has 2 aromatic rings. The lowest BCUT2D eigenvalue weighted by atomic mass is 10.0. The monoisotopic (exact) mass is 230 g/mol. The Kier molecular flexibility index (Phi) is 3.07. The lowest BCUT2D eigenvalue weighted by Crippen LogP contribution is -2.39. The molecule has 1 unspecified atom stereocenters. The number of benzene rings is 2. The van der Waals surface area contributed by atoms with Crippen molar-refractivity contribution < 1.29 is 9.84 Å². The van der Waals surface area contributed by atoms with Crippen LogP contribution in [0.5, 0.6) is 5.75 Å². The van der Waals surface area contributed by atoms with Crippen LogP contribution in [0.3, 0.4) is 0 Å². The van der Waals surface area contributed by atoms with Crippen molar-refractivity contribution in [2.24, 2.45) is 0 Å². The Morgan fingerprint density at radius 2 is 1.71 bits per heavy atom. The molecule has 90 valence electrons. The standard InChI is InChI=1S/C15H18O2/c1-11(16)15(2,3)17-14-10-6-8-12-7-4-5-9-13(12)14/h4-11,16H,1-3H3. The summed E-state index contributed by atoms with van der Waals surface area (Å²) in [7, 11) is 0. The van der Waals surface area contributed by atoms with Gasteiger partial charge in [-0.25, -0.2) is 0 Å². The molecule has 0 radical (unpaired) electrons. The molecule has 0 aliphatic carbocycles. The van der Waals surface area contributed by atoms with Crippen molar-refractivity contribution >= 4 is 10.8 Å². The maximum atomic E-state index is 9.69. The zero-order chi connectivity index (χ0) is 12.5. The Balaban J connectivity index is 2.43. The van der Waals surface area contributed by atoms with Gasteiger partial charge in [0.2, 0.25) is 0 Å². The minimum Gasteiger partial charge on any atom is -0.485 e. The number of rotatable bonds is 3. The third kappa shape index (κ3) is 2.42. The van der Waals surface area contributed by atoms with Gasteiger partial charge in [-0.3, -0.25) is 0 Å². The molecule has 2 heteroatoms. The van der Waals surface area contributed by atoms with E-state index >= 15 is 0 Å². The van der Waals surface area contributed by atoms with E-state index in [0.717, 1.165) is 16.5 Å². The lowest BCUT2D eigenvalue weighted by molar-refractivity contribution is -0.0166. The molecule has 2 nitrogen and oxygen atoms in total. The second-order valence-electron chi connectivity index (χ2n) is 4.86. The summed E-state index contributed by atoms with van der Waals surface area (Å²) in [5.41, 5.74) is -0.593. The molecule has 0 spiro atoms. The van der Waals surface area contributed by atoms with Crippen LogP contribution in [0.25, 0.3) is 10.8 Å². The minimum atomic E-state index is -0.593. The first-order valence-electron chi connectivity index (χ1n) is 5.85. The summed E-state index contributed by atoms with van der Waals surface area (Å²) >= 11 is 0.